The molecule has 0 unspecified atom stereocenters. The van der Waals surface area contributed by atoms with Gasteiger partial charge < -0.3 is 9.73 Å². The Labute approximate surface area is 112 Å². The van der Waals surface area contributed by atoms with E-state index in [1.54, 1.807) is 30.3 Å². The van der Waals surface area contributed by atoms with E-state index >= 15 is 0 Å². The SMILES string of the molecule is O=C(Nc1ccc2oc(=O)ccc2c1)c1cccs1. The monoisotopic (exact) mass is 271 g/mol. The number of amides is 1. The lowest BCUT2D eigenvalue weighted by atomic mass is 10.2. The summed E-state index contributed by atoms with van der Waals surface area (Å²) in [6.45, 7) is 0. The zero-order valence-electron chi connectivity index (χ0n) is 9.75. The minimum atomic E-state index is -0.386. The molecule has 3 aromatic rings. The summed E-state index contributed by atoms with van der Waals surface area (Å²) in [5, 5.41) is 5.42. The predicted molar refractivity (Wildman–Crippen MR) is 74.8 cm³/mol. The van der Waals surface area contributed by atoms with Gasteiger partial charge in [0, 0.05) is 17.1 Å². The van der Waals surface area contributed by atoms with Crippen LogP contribution in [-0.2, 0) is 0 Å². The molecule has 19 heavy (non-hydrogen) atoms. The number of hydrogen-bond acceptors (Lipinski definition) is 4. The molecular formula is C14H9NO3S. The van der Waals surface area contributed by atoms with Crippen LogP contribution in [0.25, 0.3) is 11.0 Å². The summed E-state index contributed by atoms with van der Waals surface area (Å²) in [5.74, 6) is -0.147. The van der Waals surface area contributed by atoms with E-state index in [1.807, 2.05) is 11.4 Å². The third kappa shape index (κ3) is 2.41. The van der Waals surface area contributed by atoms with Gasteiger partial charge in [-0.2, -0.15) is 0 Å². The molecule has 0 atom stereocenters. The molecular weight excluding hydrogens is 262 g/mol. The Morgan fingerprint density at radius 1 is 1.16 bits per heavy atom. The van der Waals surface area contributed by atoms with E-state index in [0.29, 0.717) is 16.1 Å². The van der Waals surface area contributed by atoms with Gasteiger partial charge in [-0.25, -0.2) is 4.79 Å². The molecule has 0 saturated carbocycles. The maximum Gasteiger partial charge on any atom is 0.336 e. The number of rotatable bonds is 2. The molecule has 4 nitrogen and oxygen atoms in total. The molecule has 5 heteroatoms. The number of thiophene rings is 1. The number of carbonyl (C=O) groups is 1. The molecule has 3 rings (SSSR count). The van der Waals surface area contributed by atoms with Crippen molar-refractivity contribution in [2.45, 2.75) is 0 Å². The van der Waals surface area contributed by atoms with E-state index in [2.05, 4.69) is 5.32 Å². The van der Waals surface area contributed by atoms with Crippen molar-refractivity contribution in [1.29, 1.82) is 0 Å². The van der Waals surface area contributed by atoms with E-state index < -0.39 is 0 Å². The van der Waals surface area contributed by atoms with Gasteiger partial charge in [0.15, 0.2) is 0 Å². The normalized spacial score (nSPS) is 10.5. The summed E-state index contributed by atoms with van der Waals surface area (Å²) in [6.07, 6.45) is 0. The van der Waals surface area contributed by atoms with E-state index in [0.717, 1.165) is 5.39 Å². The number of hydrogen-bond donors (Lipinski definition) is 1. The third-order valence-corrected chi connectivity index (χ3v) is 3.49. The van der Waals surface area contributed by atoms with E-state index in [9.17, 15) is 9.59 Å². The number of anilines is 1. The Balaban J connectivity index is 1.92. The van der Waals surface area contributed by atoms with Gasteiger partial charge in [-0.3, -0.25) is 4.79 Å². The molecule has 0 aliphatic carbocycles. The maximum absolute atomic E-state index is 11.9. The first kappa shape index (κ1) is 11.7. The first-order chi connectivity index (χ1) is 9.22. The fourth-order valence-corrected chi connectivity index (χ4v) is 2.37. The van der Waals surface area contributed by atoms with Gasteiger partial charge in [-0.1, -0.05) is 6.07 Å². The van der Waals surface area contributed by atoms with Crippen molar-refractivity contribution in [1.82, 2.24) is 0 Å². The highest BCUT2D eigenvalue weighted by Crippen LogP contribution is 2.19. The molecule has 0 bridgehead atoms. The Morgan fingerprint density at radius 2 is 2.05 bits per heavy atom. The molecule has 0 radical (unpaired) electrons. The van der Waals surface area contributed by atoms with Gasteiger partial charge in [-0.15, -0.1) is 11.3 Å². The fourth-order valence-electron chi connectivity index (χ4n) is 1.75. The molecule has 2 aromatic heterocycles. The average Bonchev–Trinajstić information content (AvgIpc) is 2.93. The van der Waals surface area contributed by atoms with Crippen molar-refractivity contribution < 1.29 is 9.21 Å². The van der Waals surface area contributed by atoms with Crippen LogP contribution in [0.2, 0.25) is 0 Å². The van der Waals surface area contributed by atoms with Crippen LogP contribution in [0.5, 0.6) is 0 Å². The third-order valence-electron chi connectivity index (χ3n) is 2.62. The zero-order chi connectivity index (χ0) is 13.2. The quantitative estimate of drug-likeness (QED) is 0.728. The number of nitrogens with one attached hydrogen (secondary N) is 1. The second-order valence-electron chi connectivity index (χ2n) is 3.94. The molecule has 1 amide bonds. The van der Waals surface area contributed by atoms with E-state index in [1.165, 1.54) is 17.4 Å². The zero-order valence-corrected chi connectivity index (χ0v) is 10.6. The minimum Gasteiger partial charge on any atom is -0.423 e. The maximum atomic E-state index is 11.9. The van der Waals surface area contributed by atoms with Gasteiger partial charge in [0.05, 0.1) is 4.88 Å². The lowest BCUT2D eigenvalue weighted by Gasteiger charge is -2.04. The summed E-state index contributed by atoms with van der Waals surface area (Å²) < 4.78 is 5.03. The molecule has 1 aromatic carbocycles. The Kier molecular flexibility index (Phi) is 2.89. The second kappa shape index (κ2) is 4.70. The first-order valence-electron chi connectivity index (χ1n) is 5.61. The van der Waals surface area contributed by atoms with Gasteiger partial charge in [0.1, 0.15) is 5.58 Å². The summed E-state index contributed by atoms with van der Waals surface area (Å²) in [7, 11) is 0. The van der Waals surface area contributed by atoms with Crippen LogP contribution >= 0.6 is 11.3 Å². The fraction of sp³-hybridized carbons (Fsp3) is 0. The van der Waals surface area contributed by atoms with Gasteiger partial charge in [0.2, 0.25) is 0 Å². The topological polar surface area (TPSA) is 59.3 Å². The van der Waals surface area contributed by atoms with Crippen molar-refractivity contribution >= 4 is 33.9 Å². The highest BCUT2D eigenvalue weighted by molar-refractivity contribution is 7.12. The minimum absolute atomic E-state index is 0.147. The van der Waals surface area contributed by atoms with E-state index in [-0.39, 0.29) is 11.5 Å². The standard InChI is InChI=1S/C14H9NO3S/c16-13-6-3-9-8-10(4-5-11(9)18-13)15-14(17)12-2-1-7-19-12/h1-8H,(H,15,17). The Hall–Kier alpha value is -2.40. The van der Waals surface area contributed by atoms with Crippen molar-refractivity contribution in [3.8, 4) is 0 Å². The highest BCUT2D eigenvalue weighted by Gasteiger charge is 2.07. The molecule has 2 heterocycles. The van der Waals surface area contributed by atoms with Crippen LogP contribution in [0, 0.1) is 0 Å². The van der Waals surface area contributed by atoms with Crippen LogP contribution in [0.15, 0.2) is 57.1 Å². The largest absolute Gasteiger partial charge is 0.423 e. The van der Waals surface area contributed by atoms with Crippen LogP contribution in [-0.4, -0.2) is 5.91 Å². The van der Waals surface area contributed by atoms with Gasteiger partial charge in [0.25, 0.3) is 5.91 Å². The van der Waals surface area contributed by atoms with E-state index in [4.69, 9.17) is 4.42 Å². The lowest BCUT2D eigenvalue weighted by Crippen LogP contribution is -2.09. The number of benzene rings is 1. The summed E-state index contributed by atoms with van der Waals surface area (Å²) in [4.78, 5) is 23.6. The Morgan fingerprint density at radius 3 is 2.84 bits per heavy atom. The van der Waals surface area contributed by atoms with Gasteiger partial charge >= 0.3 is 5.63 Å². The van der Waals surface area contributed by atoms with Crippen LogP contribution < -0.4 is 10.9 Å². The predicted octanol–water partition coefficient (Wildman–Crippen LogP) is 3.11. The summed E-state index contributed by atoms with van der Waals surface area (Å²) in [5.41, 5.74) is 0.782. The summed E-state index contributed by atoms with van der Waals surface area (Å²) >= 11 is 1.38. The van der Waals surface area contributed by atoms with Crippen molar-refractivity contribution in [3.63, 3.8) is 0 Å². The molecule has 0 spiro atoms. The van der Waals surface area contributed by atoms with Crippen LogP contribution in [0.3, 0.4) is 0 Å². The lowest BCUT2D eigenvalue weighted by molar-refractivity contribution is 0.103. The van der Waals surface area contributed by atoms with Crippen molar-refractivity contribution in [3.05, 3.63) is 63.1 Å². The Bertz CT molecular complexity index is 790. The molecule has 0 fully saturated rings. The van der Waals surface area contributed by atoms with Crippen molar-refractivity contribution in [2.24, 2.45) is 0 Å². The molecule has 94 valence electrons. The highest BCUT2D eigenvalue weighted by atomic mass is 32.1. The van der Waals surface area contributed by atoms with Crippen molar-refractivity contribution in [2.75, 3.05) is 5.32 Å². The van der Waals surface area contributed by atoms with Crippen LogP contribution in [0.1, 0.15) is 9.67 Å². The average molecular weight is 271 g/mol. The van der Waals surface area contributed by atoms with Crippen LogP contribution in [0.4, 0.5) is 5.69 Å². The second-order valence-corrected chi connectivity index (χ2v) is 4.89. The van der Waals surface area contributed by atoms with Gasteiger partial charge in [-0.05, 0) is 35.7 Å². The number of carbonyl (C=O) groups excluding carboxylic acids is 1. The molecule has 0 aliphatic heterocycles. The molecule has 0 saturated heterocycles. The number of fused-ring (bicyclic) bond motifs is 1. The smallest absolute Gasteiger partial charge is 0.336 e. The molecule has 0 aliphatic rings. The summed E-state index contributed by atoms with van der Waals surface area (Å²) in [6, 6.07) is 11.8. The first-order valence-corrected chi connectivity index (χ1v) is 6.49. The molecule has 1 N–H and O–H groups in total.